The standard InChI is InChI=1S/C13H17BrF2O/c1-9-3-4-10(2)11(7-9)12(14)5-6-17-8-13(15)16/h3-4,7,12-13H,5-6,8H2,1-2H3. The third-order valence-corrected chi connectivity index (χ3v) is 3.48. The predicted octanol–water partition coefficient (Wildman–Crippen LogP) is 4.41. The summed E-state index contributed by atoms with van der Waals surface area (Å²) in [6.07, 6.45) is -1.69. The summed E-state index contributed by atoms with van der Waals surface area (Å²) in [6, 6.07) is 6.24. The Morgan fingerprint density at radius 3 is 2.65 bits per heavy atom. The lowest BCUT2D eigenvalue weighted by Gasteiger charge is -2.14. The fourth-order valence-electron chi connectivity index (χ4n) is 1.61. The quantitative estimate of drug-likeness (QED) is 0.559. The highest BCUT2D eigenvalue weighted by Gasteiger charge is 2.11. The summed E-state index contributed by atoms with van der Waals surface area (Å²) >= 11 is 3.57. The molecule has 0 saturated carbocycles. The Balaban J connectivity index is 2.46. The summed E-state index contributed by atoms with van der Waals surface area (Å²) in [4.78, 5) is 0.153. The van der Waals surface area contributed by atoms with E-state index in [-0.39, 0.29) is 4.83 Å². The van der Waals surface area contributed by atoms with Gasteiger partial charge in [0.15, 0.2) is 0 Å². The van der Waals surface area contributed by atoms with E-state index in [1.165, 1.54) is 16.7 Å². The molecule has 0 aliphatic rings. The van der Waals surface area contributed by atoms with Crippen LogP contribution in [0.3, 0.4) is 0 Å². The summed E-state index contributed by atoms with van der Waals surface area (Å²) in [5.74, 6) is 0. The second-order valence-corrected chi connectivity index (χ2v) is 5.19. The van der Waals surface area contributed by atoms with Crippen LogP contribution >= 0.6 is 15.9 Å². The molecule has 0 amide bonds. The number of ether oxygens (including phenoxy) is 1. The van der Waals surface area contributed by atoms with Crippen molar-refractivity contribution in [1.82, 2.24) is 0 Å². The number of alkyl halides is 3. The Kier molecular flexibility index (Phi) is 6.06. The third kappa shape index (κ3) is 5.13. The molecule has 1 unspecified atom stereocenters. The first kappa shape index (κ1) is 14.6. The second kappa shape index (κ2) is 7.07. The van der Waals surface area contributed by atoms with Gasteiger partial charge >= 0.3 is 0 Å². The van der Waals surface area contributed by atoms with Crippen LogP contribution in [0.25, 0.3) is 0 Å². The minimum atomic E-state index is -2.38. The lowest BCUT2D eigenvalue weighted by molar-refractivity contribution is 0.0167. The number of halogens is 3. The van der Waals surface area contributed by atoms with Crippen LogP contribution < -0.4 is 0 Å². The number of hydrogen-bond acceptors (Lipinski definition) is 1. The van der Waals surface area contributed by atoms with Crippen molar-refractivity contribution in [2.75, 3.05) is 13.2 Å². The Hall–Kier alpha value is -0.480. The predicted molar refractivity (Wildman–Crippen MR) is 69.0 cm³/mol. The van der Waals surface area contributed by atoms with Crippen LogP contribution in [-0.2, 0) is 4.74 Å². The molecule has 0 heterocycles. The summed E-state index contributed by atoms with van der Waals surface area (Å²) in [5, 5.41) is 0. The van der Waals surface area contributed by atoms with Crippen molar-refractivity contribution in [2.24, 2.45) is 0 Å². The van der Waals surface area contributed by atoms with Crippen molar-refractivity contribution < 1.29 is 13.5 Å². The largest absolute Gasteiger partial charge is 0.375 e. The molecule has 0 N–H and O–H groups in total. The molecule has 0 aliphatic heterocycles. The molecule has 96 valence electrons. The zero-order valence-electron chi connectivity index (χ0n) is 10.1. The van der Waals surface area contributed by atoms with Crippen molar-refractivity contribution in [2.45, 2.75) is 31.5 Å². The molecular formula is C13H17BrF2O. The van der Waals surface area contributed by atoms with E-state index in [2.05, 4.69) is 34.1 Å². The summed E-state index contributed by atoms with van der Waals surface area (Å²) in [6.45, 7) is 3.94. The maximum absolute atomic E-state index is 11.9. The van der Waals surface area contributed by atoms with E-state index in [1.807, 2.05) is 13.8 Å². The molecule has 0 aromatic heterocycles. The van der Waals surface area contributed by atoms with Crippen molar-refractivity contribution in [1.29, 1.82) is 0 Å². The molecule has 0 fully saturated rings. The van der Waals surface area contributed by atoms with Crippen LogP contribution in [0, 0.1) is 13.8 Å². The Morgan fingerprint density at radius 1 is 1.29 bits per heavy atom. The number of aryl methyl sites for hydroxylation is 2. The molecule has 0 radical (unpaired) electrons. The highest BCUT2D eigenvalue weighted by atomic mass is 79.9. The number of rotatable bonds is 6. The normalized spacial score (nSPS) is 13.1. The summed E-state index contributed by atoms with van der Waals surface area (Å²) < 4.78 is 28.6. The van der Waals surface area contributed by atoms with E-state index in [4.69, 9.17) is 4.74 Å². The SMILES string of the molecule is Cc1ccc(C)c(C(Br)CCOCC(F)F)c1. The van der Waals surface area contributed by atoms with E-state index in [9.17, 15) is 8.78 Å². The molecular weight excluding hydrogens is 290 g/mol. The fraction of sp³-hybridized carbons (Fsp3) is 0.538. The van der Waals surface area contributed by atoms with Crippen molar-refractivity contribution in [3.05, 3.63) is 34.9 Å². The summed E-state index contributed by atoms with van der Waals surface area (Å²) in [5.41, 5.74) is 3.60. The Morgan fingerprint density at radius 2 is 2.00 bits per heavy atom. The first-order valence-electron chi connectivity index (χ1n) is 5.58. The average Bonchev–Trinajstić information content (AvgIpc) is 2.27. The molecule has 1 aromatic rings. The van der Waals surface area contributed by atoms with Gasteiger partial charge in [0, 0.05) is 11.4 Å². The average molecular weight is 307 g/mol. The zero-order chi connectivity index (χ0) is 12.8. The monoisotopic (exact) mass is 306 g/mol. The first-order chi connectivity index (χ1) is 8.00. The van der Waals surface area contributed by atoms with Crippen LogP contribution in [0.2, 0.25) is 0 Å². The van der Waals surface area contributed by atoms with Crippen molar-refractivity contribution in [3.63, 3.8) is 0 Å². The third-order valence-electron chi connectivity index (χ3n) is 2.53. The van der Waals surface area contributed by atoms with Gasteiger partial charge < -0.3 is 4.74 Å². The zero-order valence-corrected chi connectivity index (χ0v) is 11.6. The lowest BCUT2D eigenvalue weighted by Crippen LogP contribution is -2.07. The van der Waals surface area contributed by atoms with Gasteiger partial charge in [-0.3, -0.25) is 0 Å². The van der Waals surface area contributed by atoms with Crippen LogP contribution in [0.5, 0.6) is 0 Å². The molecule has 0 bridgehead atoms. The molecule has 1 rings (SSSR count). The van der Waals surface area contributed by atoms with E-state index in [0.717, 1.165) is 0 Å². The molecule has 4 heteroatoms. The highest BCUT2D eigenvalue weighted by molar-refractivity contribution is 9.09. The molecule has 1 nitrogen and oxygen atoms in total. The van der Waals surface area contributed by atoms with Crippen molar-refractivity contribution in [3.8, 4) is 0 Å². The minimum absolute atomic E-state index is 0.153. The number of hydrogen-bond donors (Lipinski definition) is 0. The molecule has 0 aliphatic carbocycles. The maximum Gasteiger partial charge on any atom is 0.261 e. The second-order valence-electron chi connectivity index (χ2n) is 4.08. The number of benzene rings is 1. The smallest absolute Gasteiger partial charge is 0.261 e. The molecule has 0 spiro atoms. The first-order valence-corrected chi connectivity index (χ1v) is 6.49. The van der Waals surface area contributed by atoms with Gasteiger partial charge in [-0.1, -0.05) is 39.7 Å². The van der Waals surface area contributed by atoms with Gasteiger partial charge in [-0.2, -0.15) is 0 Å². The maximum atomic E-state index is 11.9. The van der Waals surface area contributed by atoms with E-state index < -0.39 is 13.0 Å². The van der Waals surface area contributed by atoms with E-state index in [0.29, 0.717) is 13.0 Å². The Labute approximate surface area is 109 Å². The van der Waals surface area contributed by atoms with Gasteiger partial charge in [0.05, 0.1) is 0 Å². The fourth-order valence-corrected chi connectivity index (χ4v) is 2.29. The van der Waals surface area contributed by atoms with Crippen LogP contribution in [0.15, 0.2) is 18.2 Å². The van der Waals surface area contributed by atoms with Crippen LogP contribution in [0.1, 0.15) is 27.9 Å². The highest BCUT2D eigenvalue weighted by Crippen LogP contribution is 2.29. The van der Waals surface area contributed by atoms with Crippen LogP contribution in [-0.4, -0.2) is 19.6 Å². The molecule has 1 aromatic carbocycles. The Bertz CT molecular complexity index is 355. The molecule has 0 saturated heterocycles. The molecule has 17 heavy (non-hydrogen) atoms. The van der Waals surface area contributed by atoms with Gasteiger partial charge in [-0.05, 0) is 31.4 Å². The lowest BCUT2D eigenvalue weighted by atomic mass is 10.0. The van der Waals surface area contributed by atoms with Gasteiger partial charge in [-0.15, -0.1) is 0 Å². The van der Waals surface area contributed by atoms with E-state index in [1.54, 1.807) is 0 Å². The van der Waals surface area contributed by atoms with E-state index >= 15 is 0 Å². The van der Waals surface area contributed by atoms with Crippen molar-refractivity contribution >= 4 is 15.9 Å². The van der Waals surface area contributed by atoms with Gasteiger partial charge in [0.2, 0.25) is 0 Å². The van der Waals surface area contributed by atoms with Gasteiger partial charge in [-0.25, -0.2) is 8.78 Å². The van der Waals surface area contributed by atoms with Crippen LogP contribution in [0.4, 0.5) is 8.78 Å². The topological polar surface area (TPSA) is 9.23 Å². The minimum Gasteiger partial charge on any atom is -0.375 e. The van der Waals surface area contributed by atoms with Gasteiger partial charge in [0.25, 0.3) is 6.43 Å². The molecule has 1 atom stereocenters. The summed E-state index contributed by atoms with van der Waals surface area (Å²) in [7, 11) is 0. The van der Waals surface area contributed by atoms with Gasteiger partial charge in [0.1, 0.15) is 6.61 Å².